The first-order valence-electron chi connectivity index (χ1n) is 10.4. The molecule has 0 bridgehead atoms. The van der Waals surface area contributed by atoms with Gasteiger partial charge >= 0.3 is 6.03 Å². The second kappa shape index (κ2) is 8.64. The normalized spacial score (nSPS) is 18.9. The van der Waals surface area contributed by atoms with Gasteiger partial charge in [-0.3, -0.25) is 9.69 Å². The van der Waals surface area contributed by atoms with Crippen LogP contribution in [0.4, 0.5) is 4.79 Å². The van der Waals surface area contributed by atoms with Gasteiger partial charge in [0.1, 0.15) is 0 Å². The predicted octanol–water partition coefficient (Wildman–Crippen LogP) is 1.48. The zero-order valence-corrected chi connectivity index (χ0v) is 19.4. The largest absolute Gasteiger partial charge is 0.329 e. The standard InChI is InChI=1S/C21H32N4O4S/c1-14-15(2)17(4)20(18(5)16(14)3)30(28,29)24-11-9-23(10-12-24)7-6-8-25-19(26)13-22-21(25)27/h6-13H2,1-5H3,(H,22,27). The van der Waals surface area contributed by atoms with Gasteiger partial charge < -0.3 is 10.2 Å². The van der Waals surface area contributed by atoms with Crippen molar-refractivity contribution in [3.8, 4) is 0 Å². The van der Waals surface area contributed by atoms with E-state index >= 15 is 0 Å². The number of hydrogen-bond donors (Lipinski definition) is 1. The molecule has 2 heterocycles. The van der Waals surface area contributed by atoms with Crippen molar-refractivity contribution in [1.29, 1.82) is 0 Å². The Balaban J connectivity index is 1.62. The maximum absolute atomic E-state index is 13.4. The number of nitrogens with zero attached hydrogens (tertiary/aromatic N) is 3. The first kappa shape index (κ1) is 22.7. The Morgan fingerprint density at radius 1 is 0.800 bits per heavy atom. The number of piperazine rings is 1. The van der Waals surface area contributed by atoms with E-state index in [1.807, 2.05) is 34.6 Å². The topological polar surface area (TPSA) is 90.0 Å². The quantitative estimate of drug-likeness (QED) is 0.682. The SMILES string of the molecule is Cc1c(C)c(C)c(S(=O)(=O)N2CCN(CCCN3C(=O)CNC3=O)CC2)c(C)c1C. The molecule has 2 aliphatic heterocycles. The minimum atomic E-state index is -3.56. The molecular weight excluding hydrogens is 404 g/mol. The number of hydrogen-bond acceptors (Lipinski definition) is 5. The van der Waals surface area contributed by atoms with Gasteiger partial charge in [0.05, 0.1) is 11.4 Å². The highest BCUT2D eigenvalue weighted by molar-refractivity contribution is 7.89. The molecule has 2 aliphatic rings. The Bertz CT molecular complexity index is 921. The third kappa shape index (κ3) is 4.10. The summed E-state index contributed by atoms with van der Waals surface area (Å²) in [5.74, 6) is -0.190. The summed E-state index contributed by atoms with van der Waals surface area (Å²) in [4.78, 5) is 27.1. The summed E-state index contributed by atoms with van der Waals surface area (Å²) in [6.45, 7) is 13.2. The van der Waals surface area contributed by atoms with Crippen molar-refractivity contribution in [2.24, 2.45) is 0 Å². The van der Waals surface area contributed by atoms with E-state index in [2.05, 4.69) is 10.2 Å². The number of imide groups is 1. The molecule has 30 heavy (non-hydrogen) atoms. The lowest BCUT2D eigenvalue weighted by Gasteiger charge is -2.35. The predicted molar refractivity (Wildman–Crippen MR) is 115 cm³/mol. The molecule has 9 heteroatoms. The highest BCUT2D eigenvalue weighted by atomic mass is 32.2. The second-order valence-electron chi connectivity index (χ2n) is 8.26. The highest BCUT2D eigenvalue weighted by Crippen LogP contribution is 2.31. The summed E-state index contributed by atoms with van der Waals surface area (Å²) in [6, 6.07) is -0.328. The highest BCUT2D eigenvalue weighted by Gasteiger charge is 2.33. The molecule has 0 aliphatic carbocycles. The van der Waals surface area contributed by atoms with Crippen LogP contribution in [-0.2, 0) is 14.8 Å². The maximum Gasteiger partial charge on any atom is 0.324 e. The van der Waals surface area contributed by atoms with Gasteiger partial charge in [0.25, 0.3) is 0 Å². The van der Waals surface area contributed by atoms with Crippen LogP contribution < -0.4 is 5.32 Å². The van der Waals surface area contributed by atoms with Crippen LogP contribution in [-0.4, -0.2) is 80.3 Å². The smallest absolute Gasteiger partial charge is 0.324 e. The summed E-state index contributed by atoms with van der Waals surface area (Å²) in [5.41, 5.74) is 4.91. The molecule has 0 radical (unpaired) electrons. The van der Waals surface area contributed by atoms with E-state index in [0.29, 0.717) is 44.0 Å². The number of nitrogens with one attached hydrogen (secondary N) is 1. The monoisotopic (exact) mass is 436 g/mol. The van der Waals surface area contributed by atoms with Gasteiger partial charge in [0.15, 0.2) is 0 Å². The average molecular weight is 437 g/mol. The third-order valence-electron chi connectivity index (χ3n) is 6.65. The molecule has 166 valence electrons. The molecule has 2 fully saturated rings. The van der Waals surface area contributed by atoms with Crippen LogP contribution in [0.15, 0.2) is 4.90 Å². The molecule has 3 amide bonds. The number of benzene rings is 1. The van der Waals surface area contributed by atoms with E-state index < -0.39 is 10.0 Å². The summed E-state index contributed by atoms with van der Waals surface area (Å²) in [7, 11) is -3.56. The Labute approximate surface area is 179 Å². The van der Waals surface area contributed by atoms with Crippen molar-refractivity contribution in [2.75, 3.05) is 45.8 Å². The summed E-state index contributed by atoms with van der Waals surface area (Å²) in [5, 5.41) is 2.52. The van der Waals surface area contributed by atoms with Gasteiger partial charge in [-0.2, -0.15) is 4.31 Å². The molecule has 0 aromatic heterocycles. The van der Waals surface area contributed by atoms with E-state index in [0.717, 1.165) is 34.4 Å². The molecule has 3 rings (SSSR count). The zero-order valence-electron chi connectivity index (χ0n) is 18.5. The average Bonchev–Trinajstić information content (AvgIpc) is 3.03. The fourth-order valence-corrected chi connectivity index (χ4v) is 6.29. The number of sulfonamides is 1. The fraction of sp³-hybridized carbons (Fsp3) is 0.619. The van der Waals surface area contributed by atoms with Crippen molar-refractivity contribution in [1.82, 2.24) is 19.4 Å². The summed E-state index contributed by atoms with van der Waals surface area (Å²) < 4.78 is 28.4. The molecular formula is C21H32N4O4S. The fourth-order valence-electron chi connectivity index (χ4n) is 4.31. The molecule has 0 unspecified atom stereocenters. The molecule has 1 aromatic rings. The number of urea groups is 1. The number of rotatable bonds is 6. The first-order chi connectivity index (χ1) is 14.1. The van der Waals surface area contributed by atoms with Gasteiger partial charge in [-0.25, -0.2) is 13.2 Å². The Hall–Kier alpha value is -1.97. The molecule has 1 N–H and O–H groups in total. The van der Waals surface area contributed by atoms with E-state index in [9.17, 15) is 18.0 Å². The molecule has 0 spiro atoms. The van der Waals surface area contributed by atoms with Crippen molar-refractivity contribution in [3.05, 3.63) is 27.8 Å². The van der Waals surface area contributed by atoms with Gasteiger partial charge in [-0.15, -0.1) is 0 Å². The van der Waals surface area contributed by atoms with E-state index in [1.165, 1.54) is 4.90 Å². The Kier molecular flexibility index (Phi) is 6.54. The minimum absolute atomic E-state index is 0.0756. The van der Waals surface area contributed by atoms with Gasteiger partial charge in [-0.05, 0) is 75.4 Å². The lowest BCUT2D eigenvalue weighted by atomic mass is 9.95. The number of carbonyl (C=O) groups excluding carboxylic acids is 2. The lowest BCUT2D eigenvalue weighted by Crippen LogP contribution is -2.49. The van der Waals surface area contributed by atoms with E-state index in [-0.39, 0.29) is 18.5 Å². The van der Waals surface area contributed by atoms with Gasteiger partial charge in [0.2, 0.25) is 15.9 Å². The summed E-state index contributed by atoms with van der Waals surface area (Å²) in [6.07, 6.45) is 0.681. The van der Waals surface area contributed by atoms with Crippen molar-refractivity contribution < 1.29 is 18.0 Å². The van der Waals surface area contributed by atoms with Crippen LogP contribution in [0.5, 0.6) is 0 Å². The zero-order chi connectivity index (χ0) is 22.2. The van der Waals surface area contributed by atoms with Crippen molar-refractivity contribution >= 4 is 22.0 Å². The second-order valence-corrected chi connectivity index (χ2v) is 10.1. The van der Waals surface area contributed by atoms with Crippen LogP contribution >= 0.6 is 0 Å². The molecule has 0 atom stereocenters. The molecule has 8 nitrogen and oxygen atoms in total. The van der Waals surface area contributed by atoms with Crippen LogP contribution in [0.1, 0.15) is 34.2 Å². The van der Waals surface area contributed by atoms with Crippen LogP contribution in [0.2, 0.25) is 0 Å². The van der Waals surface area contributed by atoms with Crippen molar-refractivity contribution in [3.63, 3.8) is 0 Å². The van der Waals surface area contributed by atoms with E-state index in [4.69, 9.17) is 0 Å². The van der Waals surface area contributed by atoms with Crippen LogP contribution in [0, 0.1) is 34.6 Å². The Morgan fingerprint density at radius 3 is 1.83 bits per heavy atom. The van der Waals surface area contributed by atoms with Gasteiger partial charge in [0, 0.05) is 32.7 Å². The maximum atomic E-state index is 13.4. The molecule has 1 aromatic carbocycles. The summed E-state index contributed by atoms with van der Waals surface area (Å²) >= 11 is 0. The minimum Gasteiger partial charge on any atom is -0.329 e. The number of amides is 3. The third-order valence-corrected chi connectivity index (χ3v) is 8.83. The Morgan fingerprint density at radius 2 is 1.33 bits per heavy atom. The molecule has 2 saturated heterocycles. The van der Waals surface area contributed by atoms with Crippen LogP contribution in [0.25, 0.3) is 0 Å². The lowest BCUT2D eigenvalue weighted by molar-refractivity contribution is -0.125. The van der Waals surface area contributed by atoms with E-state index in [1.54, 1.807) is 4.31 Å². The van der Waals surface area contributed by atoms with Gasteiger partial charge in [-0.1, -0.05) is 0 Å². The van der Waals surface area contributed by atoms with Crippen molar-refractivity contribution in [2.45, 2.75) is 45.9 Å². The number of carbonyl (C=O) groups is 2. The van der Waals surface area contributed by atoms with Crippen LogP contribution in [0.3, 0.4) is 0 Å². The molecule has 0 saturated carbocycles. The first-order valence-corrected chi connectivity index (χ1v) is 11.9.